The number of nitrogens with zero attached hydrogens (tertiary/aromatic N) is 4. The van der Waals surface area contributed by atoms with Crippen molar-refractivity contribution in [3.05, 3.63) is 42.1 Å². The van der Waals surface area contributed by atoms with Crippen LogP contribution in [0.25, 0.3) is 5.69 Å². The number of piperazine rings is 1. The molecule has 2 fully saturated rings. The normalized spacial score (nSPS) is 18.2. The Hall–Kier alpha value is -2.67. The van der Waals surface area contributed by atoms with Crippen molar-refractivity contribution in [2.24, 2.45) is 0 Å². The summed E-state index contributed by atoms with van der Waals surface area (Å²) in [6.07, 6.45) is 4.83. The number of benzene rings is 1. The third-order valence-corrected chi connectivity index (χ3v) is 5.95. The molecule has 1 N–H and O–H groups in total. The molecule has 7 heteroatoms. The molecule has 1 aromatic heterocycles. The van der Waals surface area contributed by atoms with Gasteiger partial charge < -0.3 is 10.2 Å². The van der Waals surface area contributed by atoms with Crippen LogP contribution in [0.1, 0.15) is 44.2 Å². The van der Waals surface area contributed by atoms with Gasteiger partial charge in [0.2, 0.25) is 11.8 Å². The summed E-state index contributed by atoms with van der Waals surface area (Å²) in [5, 5.41) is 7.91. The highest BCUT2D eigenvalue weighted by Crippen LogP contribution is 2.35. The average molecular weight is 396 g/mol. The molecule has 0 spiro atoms. The van der Waals surface area contributed by atoms with Crippen LogP contribution in [-0.4, -0.2) is 64.1 Å². The zero-order chi connectivity index (χ0) is 20.2. The number of aromatic nitrogens is 2. The first-order valence-corrected chi connectivity index (χ1v) is 10.5. The van der Waals surface area contributed by atoms with E-state index in [0.717, 1.165) is 30.3 Å². The number of nitrogens with one attached hydrogen (secondary N) is 1. The minimum atomic E-state index is -0.0451. The number of carbonyl (C=O) groups excluding carboxylic acids is 2. The van der Waals surface area contributed by atoms with Crippen molar-refractivity contribution in [2.75, 3.05) is 38.0 Å². The van der Waals surface area contributed by atoms with Crippen LogP contribution in [0.5, 0.6) is 0 Å². The van der Waals surface area contributed by atoms with Crippen molar-refractivity contribution in [1.82, 2.24) is 19.6 Å². The van der Waals surface area contributed by atoms with E-state index >= 15 is 0 Å². The molecule has 0 unspecified atom stereocenters. The van der Waals surface area contributed by atoms with Crippen molar-refractivity contribution in [2.45, 2.75) is 38.5 Å². The fraction of sp³-hybridized carbons (Fsp3) is 0.500. The summed E-state index contributed by atoms with van der Waals surface area (Å²) in [5.41, 5.74) is 2.01. The average Bonchev–Trinajstić information content (AvgIpc) is 3.39. The summed E-state index contributed by atoms with van der Waals surface area (Å²) >= 11 is 0. The molecule has 1 saturated heterocycles. The maximum Gasteiger partial charge on any atom is 0.239 e. The molecule has 2 amide bonds. The van der Waals surface area contributed by atoms with Crippen molar-refractivity contribution < 1.29 is 9.59 Å². The molecule has 0 radical (unpaired) electrons. The van der Waals surface area contributed by atoms with E-state index in [9.17, 15) is 9.59 Å². The highest BCUT2D eigenvalue weighted by Gasteiger charge is 2.24. The van der Waals surface area contributed by atoms with Crippen LogP contribution in [0, 0.1) is 0 Å². The molecule has 1 saturated carbocycles. The monoisotopic (exact) mass is 395 g/mol. The van der Waals surface area contributed by atoms with Crippen molar-refractivity contribution in [3.63, 3.8) is 0 Å². The molecule has 1 aliphatic heterocycles. The van der Waals surface area contributed by atoms with E-state index in [1.807, 2.05) is 46.0 Å². The maximum atomic E-state index is 12.7. The third-order valence-electron chi connectivity index (χ3n) is 5.95. The number of hydrogen-bond donors (Lipinski definition) is 1. The number of amides is 2. The van der Waals surface area contributed by atoms with Crippen molar-refractivity contribution in [1.29, 1.82) is 0 Å². The van der Waals surface area contributed by atoms with Crippen LogP contribution in [0.15, 0.2) is 36.4 Å². The lowest BCUT2D eigenvalue weighted by Gasteiger charge is -2.33. The van der Waals surface area contributed by atoms with Gasteiger partial charge in [0, 0.05) is 45.1 Å². The van der Waals surface area contributed by atoms with Gasteiger partial charge in [-0.3, -0.25) is 14.5 Å². The van der Waals surface area contributed by atoms with Crippen molar-refractivity contribution in [3.8, 4) is 5.69 Å². The summed E-state index contributed by atoms with van der Waals surface area (Å²) in [6, 6.07) is 12.0. The molecule has 29 heavy (non-hydrogen) atoms. The van der Waals surface area contributed by atoms with Crippen LogP contribution >= 0.6 is 0 Å². The van der Waals surface area contributed by atoms with Gasteiger partial charge in [-0.2, -0.15) is 5.10 Å². The summed E-state index contributed by atoms with van der Waals surface area (Å²) in [6.45, 7) is 4.71. The van der Waals surface area contributed by atoms with Crippen LogP contribution in [-0.2, 0) is 9.59 Å². The Morgan fingerprint density at radius 3 is 2.41 bits per heavy atom. The molecule has 1 aromatic carbocycles. The van der Waals surface area contributed by atoms with Gasteiger partial charge in [-0.05, 0) is 25.0 Å². The standard InChI is InChI=1S/C22H29N5O2/c1-17(28)26-13-11-25(12-14-26)16-22(29)23-21-15-20(18-7-5-6-8-18)24-27(21)19-9-3-2-4-10-19/h2-4,9-10,15,18H,5-8,11-14,16H2,1H3,(H,23,29). The SMILES string of the molecule is CC(=O)N1CCN(CC(=O)Nc2cc(C3CCCC3)nn2-c2ccccc2)CC1. The van der Waals surface area contributed by atoms with E-state index in [1.54, 1.807) is 6.92 Å². The molecular weight excluding hydrogens is 366 g/mol. The number of rotatable bonds is 5. The van der Waals surface area contributed by atoms with E-state index in [0.29, 0.717) is 25.6 Å². The predicted octanol–water partition coefficient (Wildman–Crippen LogP) is 2.63. The van der Waals surface area contributed by atoms with Gasteiger partial charge in [-0.15, -0.1) is 0 Å². The number of carbonyl (C=O) groups is 2. The van der Waals surface area contributed by atoms with Crippen LogP contribution < -0.4 is 5.32 Å². The number of hydrogen-bond acceptors (Lipinski definition) is 4. The lowest BCUT2D eigenvalue weighted by Crippen LogP contribution is -2.49. The van der Waals surface area contributed by atoms with Crippen LogP contribution in [0.2, 0.25) is 0 Å². The molecule has 2 aliphatic rings. The second kappa shape index (κ2) is 8.78. The first-order valence-electron chi connectivity index (χ1n) is 10.5. The Bertz CT molecular complexity index is 849. The minimum absolute atomic E-state index is 0.0451. The van der Waals surface area contributed by atoms with Gasteiger partial charge in [0.05, 0.1) is 17.9 Å². The summed E-state index contributed by atoms with van der Waals surface area (Å²) in [4.78, 5) is 28.1. The molecule has 0 bridgehead atoms. The molecule has 154 valence electrons. The quantitative estimate of drug-likeness (QED) is 0.845. The van der Waals surface area contributed by atoms with Gasteiger partial charge in [-0.1, -0.05) is 31.0 Å². The minimum Gasteiger partial charge on any atom is -0.340 e. The highest BCUT2D eigenvalue weighted by molar-refractivity contribution is 5.91. The Morgan fingerprint density at radius 1 is 1.07 bits per heavy atom. The number of anilines is 1. The van der Waals surface area contributed by atoms with Crippen LogP contribution in [0.4, 0.5) is 5.82 Å². The van der Waals surface area contributed by atoms with E-state index in [2.05, 4.69) is 10.2 Å². The fourth-order valence-corrected chi connectivity index (χ4v) is 4.28. The highest BCUT2D eigenvalue weighted by atomic mass is 16.2. The fourth-order valence-electron chi connectivity index (χ4n) is 4.28. The smallest absolute Gasteiger partial charge is 0.239 e. The summed E-state index contributed by atoms with van der Waals surface area (Å²) < 4.78 is 1.85. The second-order valence-electron chi connectivity index (χ2n) is 8.01. The lowest BCUT2D eigenvalue weighted by atomic mass is 10.0. The van der Waals surface area contributed by atoms with E-state index in [1.165, 1.54) is 25.7 Å². The van der Waals surface area contributed by atoms with Gasteiger partial charge in [0.15, 0.2) is 0 Å². The zero-order valence-corrected chi connectivity index (χ0v) is 17.0. The molecule has 1 aliphatic carbocycles. The van der Waals surface area contributed by atoms with Gasteiger partial charge in [0.1, 0.15) is 5.82 Å². The van der Waals surface area contributed by atoms with Crippen molar-refractivity contribution >= 4 is 17.6 Å². The number of para-hydroxylation sites is 1. The molecule has 0 atom stereocenters. The summed E-state index contributed by atoms with van der Waals surface area (Å²) in [5.74, 6) is 1.26. The van der Waals surface area contributed by atoms with E-state index in [4.69, 9.17) is 5.10 Å². The lowest BCUT2D eigenvalue weighted by molar-refractivity contribution is -0.130. The molecular formula is C22H29N5O2. The van der Waals surface area contributed by atoms with Crippen LogP contribution in [0.3, 0.4) is 0 Å². The Kier molecular flexibility index (Phi) is 5.94. The third kappa shape index (κ3) is 4.67. The predicted molar refractivity (Wildman–Crippen MR) is 112 cm³/mol. The molecule has 2 heterocycles. The molecule has 2 aromatic rings. The van der Waals surface area contributed by atoms with Gasteiger partial charge in [-0.25, -0.2) is 4.68 Å². The Morgan fingerprint density at radius 2 is 1.76 bits per heavy atom. The van der Waals surface area contributed by atoms with Gasteiger partial charge >= 0.3 is 0 Å². The van der Waals surface area contributed by atoms with E-state index in [-0.39, 0.29) is 11.8 Å². The maximum absolute atomic E-state index is 12.7. The summed E-state index contributed by atoms with van der Waals surface area (Å²) in [7, 11) is 0. The topological polar surface area (TPSA) is 70.5 Å². The second-order valence-corrected chi connectivity index (χ2v) is 8.01. The Labute approximate surface area is 171 Å². The zero-order valence-electron chi connectivity index (χ0n) is 17.0. The molecule has 4 rings (SSSR count). The van der Waals surface area contributed by atoms with E-state index < -0.39 is 0 Å². The molecule has 7 nitrogen and oxygen atoms in total. The largest absolute Gasteiger partial charge is 0.340 e. The van der Waals surface area contributed by atoms with Gasteiger partial charge in [0.25, 0.3) is 0 Å². The Balaban J connectivity index is 1.45. The first-order chi connectivity index (χ1) is 14.1. The first kappa shape index (κ1) is 19.6.